The van der Waals surface area contributed by atoms with E-state index in [1.807, 2.05) is 42.3 Å². The van der Waals surface area contributed by atoms with Crippen LogP contribution in [0.3, 0.4) is 0 Å². The molecule has 0 saturated carbocycles. The second kappa shape index (κ2) is 7.12. The Labute approximate surface area is 155 Å². The maximum atomic E-state index is 11.8. The van der Waals surface area contributed by atoms with Gasteiger partial charge in [0.1, 0.15) is 6.33 Å². The van der Waals surface area contributed by atoms with Gasteiger partial charge in [0.2, 0.25) is 11.6 Å². The van der Waals surface area contributed by atoms with Gasteiger partial charge in [-0.3, -0.25) is 15.1 Å². The molecule has 138 valence electrons. The van der Waals surface area contributed by atoms with Gasteiger partial charge in [0, 0.05) is 43.4 Å². The number of nitrogens with zero attached hydrogens (tertiary/aromatic N) is 6. The molecule has 0 unspecified atom stereocenters. The molecule has 1 N–H and O–H groups in total. The van der Waals surface area contributed by atoms with Crippen molar-refractivity contribution in [3.05, 3.63) is 53.0 Å². The van der Waals surface area contributed by atoms with Gasteiger partial charge in [-0.05, 0) is 31.3 Å². The lowest BCUT2D eigenvalue weighted by molar-refractivity contribution is -0.383. The molecule has 0 atom stereocenters. The number of rotatable bonds is 4. The minimum atomic E-state index is -0.417. The molecular formula is C18H19N7O2. The third-order valence-corrected chi connectivity index (χ3v) is 4.69. The standard InChI is InChI=1S/C18H19N7O2/c1-23-8-10-24(11-9-23)18-16(25(26)27)17(20-12-21-18)22-15-6-2-5-14-13(15)4-3-7-19-14/h2-7,12H,8-11H2,1H3,(H,20,21,22). The number of hydrogen-bond acceptors (Lipinski definition) is 8. The van der Waals surface area contributed by atoms with E-state index in [1.54, 1.807) is 6.20 Å². The van der Waals surface area contributed by atoms with Crippen molar-refractivity contribution in [2.45, 2.75) is 0 Å². The smallest absolute Gasteiger partial charge is 0.348 e. The van der Waals surface area contributed by atoms with Crippen LogP contribution in [0.5, 0.6) is 0 Å². The Morgan fingerprint density at radius 3 is 2.67 bits per heavy atom. The van der Waals surface area contributed by atoms with Crippen molar-refractivity contribution in [1.29, 1.82) is 0 Å². The van der Waals surface area contributed by atoms with Gasteiger partial charge >= 0.3 is 5.69 Å². The van der Waals surface area contributed by atoms with Crippen molar-refractivity contribution in [2.24, 2.45) is 0 Å². The highest BCUT2D eigenvalue weighted by Gasteiger charge is 2.29. The number of pyridine rings is 1. The SMILES string of the molecule is CN1CCN(c2ncnc(Nc3cccc4ncccc34)c2[N+](=O)[O-])CC1. The summed E-state index contributed by atoms with van der Waals surface area (Å²) < 4.78 is 0. The average Bonchev–Trinajstić information content (AvgIpc) is 2.68. The minimum Gasteiger partial charge on any atom is -0.348 e. The molecule has 1 fully saturated rings. The number of nitrogens with one attached hydrogen (secondary N) is 1. The lowest BCUT2D eigenvalue weighted by atomic mass is 10.2. The Morgan fingerprint density at radius 1 is 1.07 bits per heavy atom. The lowest BCUT2D eigenvalue weighted by Gasteiger charge is -2.32. The van der Waals surface area contributed by atoms with Crippen LogP contribution >= 0.6 is 0 Å². The van der Waals surface area contributed by atoms with Crippen molar-refractivity contribution in [3.63, 3.8) is 0 Å². The molecule has 9 heteroatoms. The number of benzene rings is 1. The van der Waals surface area contributed by atoms with E-state index in [0.717, 1.165) is 24.0 Å². The fourth-order valence-corrected chi connectivity index (χ4v) is 3.22. The van der Waals surface area contributed by atoms with E-state index in [4.69, 9.17) is 0 Å². The van der Waals surface area contributed by atoms with Crippen molar-refractivity contribution < 1.29 is 4.92 Å². The van der Waals surface area contributed by atoms with Crippen LogP contribution in [-0.2, 0) is 0 Å². The van der Waals surface area contributed by atoms with Crippen LogP contribution in [0.15, 0.2) is 42.9 Å². The first-order chi connectivity index (χ1) is 13.1. The molecule has 0 amide bonds. The molecule has 3 aromatic rings. The van der Waals surface area contributed by atoms with Gasteiger partial charge in [-0.2, -0.15) is 0 Å². The second-order valence-corrected chi connectivity index (χ2v) is 6.44. The van der Waals surface area contributed by atoms with Crippen LogP contribution in [0.4, 0.5) is 23.0 Å². The van der Waals surface area contributed by atoms with Crippen molar-refractivity contribution >= 4 is 33.9 Å². The topological polar surface area (TPSA) is 100 Å². The summed E-state index contributed by atoms with van der Waals surface area (Å²) in [6.45, 7) is 3.04. The molecule has 0 bridgehead atoms. The fraction of sp³-hybridized carbons (Fsp3) is 0.278. The number of aromatic nitrogens is 3. The zero-order valence-corrected chi connectivity index (χ0v) is 14.9. The van der Waals surface area contributed by atoms with E-state index < -0.39 is 4.92 Å². The van der Waals surface area contributed by atoms with E-state index >= 15 is 0 Å². The summed E-state index contributed by atoms with van der Waals surface area (Å²) in [7, 11) is 2.03. The average molecular weight is 365 g/mol. The molecule has 1 saturated heterocycles. The van der Waals surface area contributed by atoms with Gasteiger partial charge in [-0.25, -0.2) is 9.97 Å². The largest absolute Gasteiger partial charge is 0.353 e. The van der Waals surface area contributed by atoms with Crippen LogP contribution < -0.4 is 10.2 Å². The number of piperazine rings is 1. The van der Waals surface area contributed by atoms with Gasteiger partial charge in [0.25, 0.3) is 0 Å². The molecule has 1 aromatic carbocycles. The summed E-state index contributed by atoms with van der Waals surface area (Å²) in [6.07, 6.45) is 3.08. The number of likely N-dealkylation sites (N-methyl/N-ethyl adjacent to an activating group) is 1. The molecule has 1 aliphatic heterocycles. The molecule has 2 aromatic heterocycles. The number of fused-ring (bicyclic) bond motifs is 1. The summed E-state index contributed by atoms with van der Waals surface area (Å²) in [5.74, 6) is 0.532. The summed E-state index contributed by atoms with van der Waals surface area (Å²) in [6, 6.07) is 9.35. The molecule has 0 aliphatic carbocycles. The molecule has 1 aliphatic rings. The van der Waals surface area contributed by atoms with Crippen molar-refractivity contribution in [1.82, 2.24) is 19.9 Å². The predicted octanol–water partition coefficient (Wildman–Crippen LogP) is 2.43. The number of nitro groups is 1. The summed E-state index contributed by atoms with van der Waals surface area (Å²) in [5.41, 5.74) is 1.41. The molecule has 4 rings (SSSR count). The highest BCUT2D eigenvalue weighted by molar-refractivity contribution is 5.93. The third kappa shape index (κ3) is 3.36. The van der Waals surface area contributed by atoms with Crippen molar-refractivity contribution in [2.75, 3.05) is 43.4 Å². The van der Waals surface area contributed by atoms with E-state index in [0.29, 0.717) is 24.6 Å². The van der Waals surface area contributed by atoms with Gasteiger partial charge in [0.05, 0.1) is 10.4 Å². The van der Waals surface area contributed by atoms with Gasteiger partial charge in [0.15, 0.2) is 0 Å². The Balaban J connectivity index is 1.74. The third-order valence-electron chi connectivity index (χ3n) is 4.69. The molecule has 0 spiro atoms. The molecule has 0 radical (unpaired) electrons. The van der Waals surface area contributed by atoms with Crippen LogP contribution in [0.2, 0.25) is 0 Å². The fourth-order valence-electron chi connectivity index (χ4n) is 3.22. The number of hydrogen-bond donors (Lipinski definition) is 1. The van der Waals surface area contributed by atoms with Gasteiger partial charge in [-0.15, -0.1) is 0 Å². The van der Waals surface area contributed by atoms with Crippen LogP contribution in [0, 0.1) is 10.1 Å². The van der Waals surface area contributed by atoms with Crippen LogP contribution in [0.25, 0.3) is 10.9 Å². The van der Waals surface area contributed by atoms with Crippen LogP contribution in [0.1, 0.15) is 0 Å². The maximum absolute atomic E-state index is 11.8. The second-order valence-electron chi connectivity index (χ2n) is 6.44. The highest BCUT2D eigenvalue weighted by atomic mass is 16.6. The monoisotopic (exact) mass is 365 g/mol. The van der Waals surface area contributed by atoms with Crippen molar-refractivity contribution in [3.8, 4) is 0 Å². The Bertz CT molecular complexity index is 981. The van der Waals surface area contributed by atoms with E-state index in [9.17, 15) is 10.1 Å². The first-order valence-electron chi connectivity index (χ1n) is 8.67. The van der Waals surface area contributed by atoms with Crippen LogP contribution in [-0.4, -0.2) is 58.0 Å². The normalized spacial score (nSPS) is 15.1. The van der Waals surface area contributed by atoms with E-state index in [2.05, 4.69) is 25.2 Å². The highest BCUT2D eigenvalue weighted by Crippen LogP contribution is 2.35. The molecule has 27 heavy (non-hydrogen) atoms. The Kier molecular flexibility index (Phi) is 4.51. The summed E-state index contributed by atoms with van der Waals surface area (Å²) >= 11 is 0. The van der Waals surface area contributed by atoms with E-state index in [1.165, 1.54) is 6.33 Å². The zero-order valence-electron chi connectivity index (χ0n) is 14.9. The molecular weight excluding hydrogens is 346 g/mol. The Hall–Kier alpha value is -3.33. The van der Waals surface area contributed by atoms with Gasteiger partial charge < -0.3 is 15.1 Å². The first kappa shape index (κ1) is 17.1. The summed E-state index contributed by atoms with van der Waals surface area (Å²) in [5, 5.41) is 15.8. The number of anilines is 3. The molecule has 9 nitrogen and oxygen atoms in total. The maximum Gasteiger partial charge on any atom is 0.353 e. The van der Waals surface area contributed by atoms with E-state index in [-0.39, 0.29) is 11.5 Å². The molecule has 3 heterocycles. The zero-order chi connectivity index (χ0) is 18.8. The predicted molar refractivity (Wildman–Crippen MR) is 103 cm³/mol. The summed E-state index contributed by atoms with van der Waals surface area (Å²) in [4.78, 5) is 28.2. The Morgan fingerprint density at radius 2 is 1.89 bits per heavy atom. The lowest BCUT2D eigenvalue weighted by Crippen LogP contribution is -2.45. The van der Waals surface area contributed by atoms with Gasteiger partial charge in [-0.1, -0.05) is 6.07 Å². The first-order valence-corrected chi connectivity index (χ1v) is 8.67. The minimum absolute atomic E-state index is 0.108. The quantitative estimate of drug-likeness (QED) is 0.556.